The number of nitrogens with zero attached hydrogens (tertiary/aromatic N) is 2. The summed E-state index contributed by atoms with van der Waals surface area (Å²) in [5, 5.41) is 7.54. The van der Waals surface area contributed by atoms with Crippen LogP contribution in [0.2, 0.25) is 0 Å². The molecule has 2 aromatic rings. The molecular formula is C15H18BrN3O2. The van der Waals surface area contributed by atoms with E-state index in [9.17, 15) is 4.79 Å². The Labute approximate surface area is 132 Å². The van der Waals surface area contributed by atoms with Gasteiger partial charge in [0, 0.05) is 35.0 Å². The Morgan fingerprint density at radius 1 is 1.48 bits per heavy atom. The zero-order chi connectivity index (χ0) is 15.4. The molecule has 0 radical (unpaired) electrons. The first-order chi connectivity index (χ1) is 10.0. The van der Waals surface area contributed by atoms with Crippen LogP contribution >= 0.6 is 15.9 Å². The lowest BCUT2D eigenvalue weighted by atomic mass is 10.2. The molecular weight excluding hydrogens is 334 g/mol. The number of benzene rings is 1. The van der Waals surface area contributed by atoms with Crippen LogP contribution in [0.15, 0.2) is 28.9 Å². The van der Waals surface area contributed by atoms with Gasteiger partial charge in [-0.15, -0.1) is 0 Å². The summed E-state index contributed by atoms with van der Waals surface area (Å²) in [4.78, 5) is 11.7. The molecule has 0 fully saturated rings. The van der Waals surface area contributed by atoms with Gasteiger partial charge < -0.3 is 10.1 Å². The first-order valence-corrected chi connectivity index (χ1v) is 7.50. The molecule has 1 aromatic carbocycles. The van der Waals surface area contributed by atoms with Crippen molar-refractivity contribution >= 4 is 27.6 Å². The number of rotatable bonds is 5. The third-order valence-electron chi connectivity index (χ3n) is 3.29. The third-order valence-corrected chi connectivity index (χ3v) is 3.94. The highest BCUT2D eigenvalue weighted by Gasteiger charge is 2.10. The number of aromatic nitrogens is 2. The molecule has 0 aliphatic carbocycles. The van der Waals surface area contributed by atoms with Crippen molar-refractivity contribution < 1.29 is 9.53 Å². The average Bonchev–Trinajstić information content (AvgIpc) is 2.78. The van der Waals surface area contributed by atoms with Gasteiger partial charge in [-0.05, 0) is 48.0 Å². The van der Waals surface area contributed by atoms with E-state index >= 15 is 0 Å². The number of carbonyl (C=O) groups excluding carboxylic acids is 1. The van der Waals surface area contributed by atoms with Crippen LogP contribution in [-0.2, 0) is 18.3 Å². The van der Waals surface area contributed by atoms with Crippen LogP contribution in [0.25, 0.3) is 0 Å². The van der Waals surface area contributed by atoms with E-state index in [0.29, 0.717) is 18.7 Å². The van der Waals surface area contributed by atoms with Crippen LogP contribution in [-0.4, -0.2) is 22.4 Å². The number of hydrogen-bond donors (Lipinski definition) is 1. The second kappa shape index (κ2) is 6.76. The van der Waals surface area contributed by atoms with Crippen LogP contribution in [0, 0.1) is 6.92 Å². The first-order valence-electron chi connectivity index (χ1n) is 6.71. The molecule has 0 amide bonds. The summed E-state index contributed by atoms with van der Waals surface area (Å²) in [6.45, 7) is 4.87. The zero-order valence-corrected chi connectivity index (χ0v) is 13.9. The molecule has 6 heteroatoms. The Morgan fingerprint density at radius 2 is 2.24 bits per heavy atom. The fraction of sp³-hybridized carbons (Fsp3) is 0.333. The van der Waals surface area contributed by atoms with Gasteiger partial charge in [0.1, 0.15) is 0 Å². The lowest BCUT2D eigenvalue weighted by Crippen LogP contribution is -2.06. The molecule has 1 N–H and O–H groups in total. The van der Waals surface area contributed by atoms with Crippen LogP contribution < -0.4 is 5.32 Å². The van der Waals surface area contributed by atoms with E-state index in [2.05, 4.69) is 26.3 Å². The number of hydrogen-bond acceptors (Lipinski definition) is 4. The summed E-state index contributed by atoms with van der Waals surface area (Å²) in [5.74, 6) is -0.312. The predicted octanol–water partition coefficient (Wildman–Crippen LogP) is 3.28. The highest BCUT2D eigenvalue weighted by atomic mass is 79.9. The summed E-state index contributed by atoms with van der Waals surface area (Å²) in [5.41, 5.74) is 3.72. The lowest BCUT2D eigenvalue weighted by Gasteiger charge is -2.10. The monoisotopic (exact) mass is 351 g/mol. The van der Waals surface area contributed by atoms with Crippen molar-refractivity contribution in [3.05, 3.63) is 45.7 Å². The van der Waals surface area contributed by atoms with Crippen LogP contribution in [0.5, 0.6) is 0 Å². The Hall–Kier alpha value is -1.82. The standard InChI is InChI=1S/C15H18BrN3O2/c1-4-21-15(20)11-5-6-14(13(16)7-11)17-8-12-9-18-19(3)10(12)2/h5-7,9,17H,4,8H2,1-3H3. The molecule has 0 atom stereocenters. The number of anilines is 1. The Kier molecular flexibility index (Phi) is 5.01. The van der Waals surface area contributed by atoms with Crippen molar-refractivity contribution in [1.29, 1.82) is 0 Å². The zero-order valence-electron chi connectivity index (χ0n) is 12.3. The molecule has 0 aliphatic heterocycles. The molecule has 1 aromatic heterocycles. The van der Waals surface area contributed by atoms with Gasteiger partial charge in [-0.2, -0.15) is 5.10 Å². The maximum absolute atomic E-state index is 11.7. The van der Waals surface area contributed by atoms with Crippen molar-refractivity contribution in [2.45, 2.75) is 20.4 Å². The van der Waals surface area contributed by atoms with E-state index < -0.39 is 0 Å². The van der Waals surface area contributed by atoms with Gasteiger partial charge in [-0.25, -0.2) is 4.79 Å². The van der Waals surface area contributed by atoms with Gasteiger partial charge in [0.2, 0.25) is 0 Å². The van der Waals surface area contributed by atoms with Crippen molar-refractivity contribution in [3.63, 3.8) is 0 Å². The number of aryl methyl sites for hydroxylation is 1. The number of carbonyl (C=O) groups is 1. The fourth-order valence-electron chi connectivity index (χ4n) is 1.91. The molecule has 0 unspecified atom stereocenters. The van der Waals surface area contributed by atoms with Crippen LogP contribution in [0.4, 0.5) is 5.69 Å². The Morgan fingerprint density at radius 3 is 2.81 bits per heavy atom. The minimum absolute atomic E-state index is 0.312. The Balaban J connectivity index is 2.07. The van der Waals surface area contributed by atoms with E-state index in [1.54, 1.807) is 19.1 Å². The minimum atomic E-state index is -0.312. The van der Waals surface area contributed by atoms with Crippen molar-refractivity contribution in [2.75, 3.05) is 11.9 Å². The van der Waals surface area contributed by atoms with Gasteiger partial charge in [-0.3, -0.25) is 4.68 Å². The molecule has 5 nitrogen and oxygen atoms in total. The Bertz CT molecular complexity index is 652. The quantitative estimate of drug-likeness (QED) is 0.839. The molecule has 0 spiro atoms. The van der Waals surface area contributed by atoms with E-state index in [1.807, 2.05) is 30.9 Å². The molecule has 2 rings (SSSR count). The normalized spacial score (nSPS) is 10.5. The third kappa shape index (κ3) is 3.64. The van der Waals surface area contributed by atoms with Crippen molar-refractivity contribution in [2.24, 2.45) is 7.05 Å². The van der Waals surface area contributed by atoms with Gasteiger partial charge in [-0.1, -0.05) is 0 Å². The predicted molar refractivity (Wildman–Crippen MR) is 85.4 cm³/mol. The lowest BCUT2D eigenvalue weighted by molar-refractivity contribution is 0.0526. The fourth-order valence-corrected chi connectivity index (χ4v) is 2.43. The van der Waals surface area contributed by atoms with Crippen LogP contribution in [0.3, 0.4) is 0 Å². The highest BCUT2D eigenvalue weighted by molar-refractivity contribution is 9.10. The summed E-state index contributed by atoms with van der Waals surface area (Å²) < 4.78 is 7.65. The summed E-state index contributed by atoms with van der Waals surface area (Å²) in [7, 11) is 1.92. The summed E-state index contributed by atoms with van der Waals surface area (Å²) >= 11 is 3.47. The number of esters is 1. The molecule has 21 heavy (non-hydrogen) atoms. The van der Waals surface area contributed by atoms with E-state index in [4.69, 9.17) is 4.74 Å². The van der Waals surface area contributed by atoms with Gasteiger partial charge in [0.15, 0.2) is 0 Å². The minimum Gasteiger partial charge on any atom is -0.462 e. The molecule has 0 saturated heterocycles. The molecule has 0 saturated carbocycles. The van der Waals surface area contributed by atoms with Gasteiger partial charge >= 0.3 is 5.97 Å². The largest absolute Gasteiger partial charge is 0.462 e. The van der Waals surface area contributed by atoms with Crippen molar-refractivity contribution in [1.82, 2.24) is 9.78 Å². The van der Waals surface area contributed by atoms with Crippen molar-refractivity contribution in [3.8, 4) is 0 Å². The second-order valence-corrected chi connectivity index (χ2v) is 5.50. The van der Waals surface area contributed by atoms with E-state index in [-0.39, 0.29) is 5.97 Å². The molecule has 1 heterocycles. The van der Waals surface area contributed by atoms with E-state index in [0.717, 1.165) is 21.4 Å². The second-order valence-electron chi connectivity index (χ2n) is 4.65. The SMILES string of the molecule is CCOC(=O)c1ccc(NCc2cnn(C)c2C)c(Br)c1. The molecule has 112 valence electrons. The summed E-state index contributed by atoms with van der Waals surface area (Å²) in [6, 6.07) is 5.37. The van der Waals surface area contributed by atoms with Crippen LogP contribution in [0.1, 0.15) is 28.5 Å². The highest BCUT2D eigenvalue weighted by Crippen LogP contribution is 2.25. The number of ether oxygens (including phenoxy) is 1. The molecule has 0 bridgehead atoms. The maximum Gasteiger partial charge on any atom is 0.338 e. The van der Waals surface area contributed by atoms with Gasteiger partial charge in [0.05, 0.1) is 18.4 Å². The topological polar surface area (TPSA) is 56.1 Å². The maximum atomic E-state index is 11.7. The number of nitrogens with one attached hydrogen (secondary N) is 1. The average molecular weight is 352 g/mol. The number of halogens is 1. The first kappa shape index (κ1) is 15.6. The van der Waals surface area contributed by atoms with Gasteiger partial charge in [0.25, 0.3) is 0 Å². The molecule has 0 aliphatic rings. The smallest absolute Gasteiger partial charge is 0.338 e. The summed E-state index contributed by atoms with van der Waals surface area (Å²) in [6.07, 6.45) is 1.85. The van der Waals surface area contributed by atoms with E-state index in [1.165, 1.54) is 0 Å².